The first-order valence-electron chi connectivity index (χ1n) is 9.65. The fraction of sp³-hybridized carbons (Fsp3) is 0.722. The zero-order valence-corrected chi connectivity index (χ0v) is 17.1. The zero-order valence-electron chi connectivity index (χ0n) is 16.3. The number of hydrogen-bond donors (Lipinski definition) is 2. The number of sulfonamides is 1. The summed E-state index contributed by atoms with van der Waals surface area (Å²) in [6, 6.07) is 2.06. The van der Waals surface area contributed by atoms with Crippen molar-refractivity contribution in [1.82, 2.24) is 14.3 Å². The molecule has 28 heavy (non-hydrogen) atoms. The Morgan fingerprint density at radius 2 is 2.14 bits per heavy atom. The van der Waals surface area contributed by atoms with Gasteiger partial charge in [0.2, 0.25) is 21.9 Å². The fourth-order valence-corrected chi connectivity index (χ4v) is 4.82. The van der Waals surface area contributed by atoms with E-state index in [0.29, 0.717) is 44.7 Å². The van der Waals surface area contributed by atoms with Crippen LogP contribution in [0.15, 0.2) is 6.20 Å². The lowest BCUT2D eigenvalue weighted by Gasteiger charge is -2.31. The van der Waals surface area contributed by atoms with Crippen LogP contribution in [-0.4, -0.2) is 64.4 Å². The first kappa shape index (κ1) is 20.8. The van der Waals surface area contributed by atoms with Crippen molar-refractivity contribution >= 4 is 16.0 Å². The number of aliphatic hydroxyl groups is 1. The molecule has 1 aliphatic carbocycles. The van der Waals surface area contributed by atoms with Crippen molar-refractivity contribution in [3.63, 3.8) is 0 Å². The molecule has 1 aromatic rings. The van der Waals surface area contributed by atoms with Gasteiger partial charge in [0.05, 0.1) is 17.6 Å². The largest absolute Gasteiger partial charge is 0.470 e. The van der Waals surface area contributed by atoms with Crippen molar-refractivity contribution in [3.05, 3.63) is 11.8 Å². The molecule has 2 N–H and O–H groups in total. The molecule has 3 rings (SSSR count). The van der Waals surface area contributed by atoms with E-state index in [2.05, 4.69) is 15.3 Å². The van der Waals surface area contributed by atoms with Gasteiger partial charge < -0.3 is 15.2 Å². The highest BCUT2D eigenvalue weighted by atomic mass is 32.2. The van der Waals surface area contributed by atoms with E-state index in [9.17, 15) is 18.8 Å². The molecule has 0 radical (unpaired) electrons. The van der Waals surface area contributed by atoms with Crippen molar-refractivity contribution < 1.29 is 18.3 Å². The van der Waals surface area contributed by atoms with Gasteiger partial charge in [-0.15, -0.1) is 0 Å². The fourth-order valence-electron chi connectivity index (χ4n) is 3.68. The van der Waals surface area contributed by atoms with Crippen molar-refractivity contribution in [3.8, 4) is 11.9 Å². The Morgan fingerprint density at radius 1 is 1.43 bits per heavy atom. The summed E-state index contributed by atoms with van der Waals surface area (Å²) >= 11 is 0. The summed E-state index contributed by atoms with van der Waals surface area (Å²) < 4.78 is 31.3. The number of ether oxygens (including phenoxy) is 1. The zero-order chi connectivity index (χ0) is 20.4. The lowest BCUT2D eigenvalue weighted by Crippen LogP contribution is -2.43. The summed E-state index contributed by atoms with van der Waals surface area (Å²) in [5.74, 6) is 0.608. The van der Waals surface area contributed by atoms with E-state index in [1.807, 2.05) is 6.07 Å². The van der Waals surface area contributed by atoms with E-state index in [4.69, 9.17) is 4.74 Å². The van der Waals surface area contributed by atoms with Crippen LogP contribution >= 0.6 is 0 Å². The lowest BCUT2D eigenvalue weighted by atomic mass is 10.0. The Bertz CT molecular complexity index is 844. The summed E-state index contributed by atoms with van der Waals surface area (Å²) in [7, 11) is -3.16. The van der Waals surface area contributed by atoms with Gasteiger partial charge in [-0.2, -0.15) is 10.2 Å². The number of nitrogens with zero attached hydrogens (tertiary/aromatic N) is 4. The predicted molar refractivity (Wildman–Crippen MR) is 103 cm³/mol. The van der Waals surface area contributed by atoms with Crippen LogP contribution in [0.5, 0.6) is 5.88 Å². The Morgan fingerprint density at radius 3 is 2.71 bits per heavy atom. The number of nitrogens with one attached hydrogen (secondary N) is 1. The van der Waals surface area contributed by atoms with Crippen molar-refractivity contribution in [2.75, 3.05) is 24.2 Å². The first-order valence-corrected chi connectivity index (χ1v) is 11.3. The topological polar surface area (TPSA) is 128 Å². The molecular weight excluding hydrogens is 382 g/mol. The highest BCUT2D eigenvalue weighted by molar-refractivity contribution is 7.89. The first-order chi connectivity index (χ1) is 13.2. The number of piperidine rings is 1. The molecule has 1 saturated heterocycles. The minimum absolute atomic E-state index is 0.0404. The molecule has 2 aliphatic rings. The summed E-state index contributed by atoms with van der Waals surface area (Å²) in [5, 5.41) is 22.9. The number of rotatable bonds is 6. The molecule has 2 fully saturated rings. The normalized spacial score (nSPS) is 26.7. The average Bonchev–Trinajstić information content (AvgIpc) is 3.00. The maximum atomic E-state index is 12.0. The predicted octanol–water partition coefficient (Wildman–Crippen LogP) is 1.26. The van der Waals surface area contributed by atoms with Gasteiger partial charge in [-0.25, -0.2) is 17.7 Å². The molecule has 10 heteroatoms. The van der Waals surface area contributed by atoms with Crippen LogP contribution in [0.1, 0.15) is 51.5 Å². The highest BCUT2D eigenvalue weighted by Gasteiger charge is 2.39. The molecule has 0 spiro atoms. The van der Waals surface area contributed by atoms with E-state index in [1.54, 1.807) is 13.8 Å². The van der Waals surface area contributed by atoms with Crippen LogP contribution in [0.25, 0.3) is 0 Å². The Labute approximate surface area is 165 Å². The molecule has 0 unspecified atom stereocenters. The second-order valence-electron chi connectivity index (χ2n) is 7.60. The summed E-state index contributed by atoms with van der Waals surface area (Å²) in [5.41, 5.74) is -0.722. The molecule has 0 bridgehead atoms. The molecule has 154 valence electrons. The van der Waals surface area contributed by atoms with Crippen LogP contribution in [0.2, 0.25) is 0 Å². The lowest BCUT2D eigenvalue weighted by molar-refractivity contribution is -0.0271. The van der Waals surface area contributed by atoms with Crippen LogP contribution in [-0.2, 0) is 10.0 Å². The summed E-state index contributed by atoms with van der Waals surface area (Å²) in [6.07, 6.45) is 4.50. The van der Waals surface area contributed by atoms with Crippen molar-refractivity contribution in [2.24, 2.45) is 0 Å². The van der Waals surface area contributed by atoms with Crippen molar-refractivity contribution in [1.29, 1.82) is 5.26 Å². The molecule has 1 saturated carbocycles. The Kier molecular flexibility index (Phi) is 6.07. The third kappa shape index (κ3) is 4.54. The molecular formula is C18H27N5O4S. The van der Waals surface area contributed by atoms with E-state index in [1.165, 1.54) is 10.5 Å². The SMILES string of the molecule is CCS(=O)(=O)N1CCC(Nc2ncc(C#N)c(O[C@@H]3CCC[C@]3(C)O)n2)CC1. The van der Waals surface area contributed by atoms with Crippen LogP contribution in [0.4, 0.5) is 5.95 Å². The summed E-state index contributed by atoms with van der Waals surface area (Å²) in [6.45, 7) is 4.29. The van der Waals surface area contributed by atoms with Crippen LogP contribution in [0.3, 0.4) is 0 Å². The van der Waals surface area contributed by atoms with E-state index in [0.717, 1.165) is 6.42 Å². The average molecular weight is 410 g/mol. The Balaban J connectivity index is 1.66. The molecule has 9 nitrogen and oxygen atoms in total. The van der Waals surface area contributed by atoms with Gasteiger partial charge in [-0.1, -0.05) is 0 Å². The highest BCUT2D eigenvalue weighted by Crippen LogP contribution is 2.33. The van der Waals surface area contributed by atoms with Gasteiger partial charge in [0.15, 0.2) is 0 Å². The van der Waals surface area contributed by atoms with E-state index < -0.39 is 21.7 Å². The molecule has 1 aliphatic heterocycles. The van der Waals surface area contributed by atoms with E-state index >= 15 is 0 Å². The quantitative estimate of drug-likeness (QED) is 0.718. The molecule has 2 atom stereocenters. The monoisotopic (exact) mass is 409 g/mol. The summed E-state index contributed by atoms with van der Waals surface area (Å²) in [4.78, 5) is 8.52. The Hall–Kier alpha value is -1.96. The molecule has 2 heterocycles. The molecule has 0 amide bonds. The minimum atomic E-state index is -3.16. The number of nitriles is 1. The van der Waals surface area contributed by atoms with Gasteiger partial charge in [0.1, 0.15) is 17.7 Å². The number of aromatic nitrogens is 2. The van der Waals surface area contributed by atoms with Gasteiger partial charge in [-0.3, -0.25) is 0 Å². The molecule has 1 aromatic heterocycles. The van der Waals surface area contributed by atoms with Gasteiger partial charge in [0.25, 0.3) is 0 Å². The maximum Gasteiger partial charge on any atom is 0.236 e. The van der Waals surface area contributed by atoms with Crippen LogP contribution in [0, 0.1) is 11.3 Å². The number of anilines is 1. The maximum absolute atomic E-state index is 12.0. The second kappa shape index (κ2) is 8.19. The minimum Gasteiger partial charge on any atom is -0.470 e. The third-order valence-electron chi connectivity index (χ3n) is 5.52. The van der Waals surface area contributed by atoms with E-state index in [-0.39, 0.29) is 23.2 Å². The third-order valence-corrected chi connectivity index (χ3v) is 7.40. The van der Waals surface area contributed by atoms with Crippen LogP contribution < -0.4 is 10.1 Å². The standard InChI is InChI=1S/C18H27N5O4S/c1-3-28(25,26)23-9-6-14(7-10-23)21-17-20-12-13(11-19)16(22-17)27-15-5-4-8-18(15,2)24/h12,14-15,24H,3-10H2,1-2H3,(H,20,21,22)/t15-,18+/m1/s1. The van der Waals surface area contributed by atoms with Crippen molar-refractivity contribution in [2.45, 2.75) is 63.7 Å². The van der Waals surface area contributed by atoms with Gasteiger partial charge >= 0.3 is 0 Å². The molecule has 0 aromatic carbocycles. The van der Waals surface area contributed by atoms with Gasteiger partial charge in [0, 0.05) is 19.1 Å². The smallest absolute Gasteiger partial charge is 0.236 e. The second-order valence-corrected chi connectivity index (χ2v) is 9.86. The number of hydrogen-bond acceptors (Lipinski definition) is 8. The van der Waals surface area contributed by atoms with Gasteiger partial charge in [-0.05, 0) is 46.0 Å².